The first-order chi connectivity index (χ1) is 12.0. The lowest BCUT2D eigenvalue weighted by Crippen LogP contribution is -2.24. The van der Waals surface area contributed by atoms with E-state index >= 15 is 0 Å². The molecule has 1 atom stereocenters. The van der Waals surface area contributed by atoms with E-state index in [1.54, 1.807) is 0 Å². The highest BCUT2D eigenvalue weighted by atomic mass is 32.1. The summed E-state index contributed by atoms with van der Waals surface area (Å²) in [5, 5.41) is 13.2. The normalized spacial score (nSPS) is 16.4. The number of nitrogen functional groups attached to an aromatic ring is 1. The van der Waals surface area contributed by atoms with Gasteiger partial charge in [0.25, 0.3) is 5.82 Å². The Morgan fingerprint density at radius 2 is 2.04 bits per heavy atom. The number of carbonyl (C=O) groups excluding carboxylic acids is 1. The van der Waals surface area contributed by atoms with Crippen LogP contribution in [0.2, 0.25) is 0 Å². The van der Waals surface area contributed by atoms with Gasteiger partial charge in [-0.1, -0.05) is 29.8 Å². The summed E-state index contributed by atoms with van der Waals surface area (Å²) >= 11 is 1.50. The fourth-order valence-corrected chi connectivity index (χ4v) is 4.70. The minimum Gasteiger partial charge on any atom is -0.317 e. The molecule has 0 aliphatic carbocycles. The maximum Gasteiger partial charge on any atom is 0.289 e. The fraction of sp³-hybridized carbons (Fsp3) is 0.211. The zero-order valence-corrected chi connectivity index (χ0v) is 14.8. The van der Waals surface area contributed by atoms with Gasteiger partial charge in [-0.3, -0.25) is 10.5 Å². The van der Waals surface area contributed by atoms with Gasteiger partial charge in [-0.15, -0.1) is 11.3 Å². The average Bonchev–Trinajstić information content (AvgIpc) is 2.93. The molecular weight excluding hydrogens is 332 g/mol. The molecule has 0 fully saturated rings. The number of nitriles is 1. The van der Waals surface area contributed by atoms with Crippen molar-refractivity contribution in [2.45, 2.75) is 26.2 Å². The number of hydrogen-bond acceptors (Lipinski definition) is 4. The maximum atomic E-state index is 12.2. The summed E-state index contributed by atoms with van der Waals surface area (Å²) < 4.78 is 0.968. The quantitative estimate of drug-likeness (QED) is 0.706. The molecule has 1 aromatic carbocycles. The van der Waals surface area contributed by atoms with Gasteiger partial charge >= 0.3 is 0 Å². The van der Waals surface area contributed by atoms with Gasteiger partial charge in [0.15, 0.2) is 0 Å². The topological polar surface area (TPSA) is 93.0 Å². The molecule has 6 heteroatoms. The number of fused-ring (bicyclic) bond motifs is 3. The van der Waals surface area contributed by atoms with Crippen LogP contribution in [0.5, 0.6) is 0 Å². The molecule has 25 heavy (non-hydrogen) atoms. The molecule has 124 valence electrons. The van der Waals surface area contributed by atoms with E-state index in [1.807, 2.05) is 13.8 Å². The summed E-state index contributed by atoms with van der Waals surface area (Å²) in [6, 6.07) is 10.4. The summed E-state index contributed by atoms with van der Waals surface area (Å²) in [6.07, 6.45) is 0.398. The number of H-pyrrole nitrogens is 1. The van der Waals surface area contributed by atoms with Crippen LogP contribution in [0.3, 0.4) is 0 Å². The molecule has 5 nitrogen and oxygen atoms in total. The SMILES string of the molecule is Cc1ccc([C@@H]2CC(=O)Nc3sc4c(C)c(C#N)c(N)[nH+]c4c32)cc1. The van der Waals surface area contributed by atoms with Crippen molar-refractivity contribution < 1.29 is 9.78 Å². The zero-order chi connectivity index (χ0) is 17.7. The van der Waals surface area contributed by atoms with Gasteiger partial charge in [0.05, 0.1) is 4.70 Å². The Morgan fingerprint density at radius 3 is 2.72 bits per heavy atom. The maximum absolute atomic E-state index is 12.2. The van der Waals surface area contributed by atoms with Crippen LogP contribution >= 0.6 is 11.3 Å². The summed E-state index contributed by atoms with van der Waals surface area (Å²) in [5.74, 6) is 0.351. The largest absolute Gasteiger partial charge is 0.317 e. The summed E-state index contributed by atoms with van der Waals surface area (Å²) in [6.45, 7) is 3.94. The molecule has 3 heterocycles. The van der Waals surface area contributed by atoms with E-state index in [-0.39, 0.29) is 11.8 Å². The van der Waals surface area contributed by atoms with Crippen molar-refractivity contribution in [3.8, 4) is 6.07 Å². The third-order valence-electron chi connectivity index (χ3n) is 4.77. The molecule has 0 saturated heterocycles. The lowest BCUT2D eigenvalue weighted by molar-refractivity contribution is -0.327. The fourth-order valence-electron chi connectivity index (χ4n) is 3.46. The number of aryl methyl sites for hydroxylation is 2. The molecule has 0 radical (unpaired) electrons. The second kappa shape index (κ2) is 5.57. The molecule has 2 aromatic heterocycles. The Labute approximate surface area is 149 Å². The Kier molecular flexibility index (Phi) is 3.48. The Balaban J connectivity index is 2.00. The average molecular weight is 349 g/mol. The number of nitrogens with two attached hydrogens (primary N) is 1. The number of carbonyl (C=O) groups is 1. The summed E-state index contributed by atoms with van der Waals surface area (Å²) in [5.41, 5.74) is 11.6. The molecule has 3 aromatic rings. The van der Waals surface area contributed by atoms with Crippen LogP contribution in [0.15, 0.2) is 24.3 Å². The molecule has 0 saturated carbocycles. The van der Waals surface area contributed by atoms with Crippen molar-refractivity contribution in [3.05, 3.63) is 52.1 Å². The van der Waals surface area contributed by atoms with Crippen LogP contribution in [0, 0.1) is 25.2 Å². The highest BCUT2D eigenvalue weighted by Gasteiger charge is 2.33. The molecule has 0 unspecified atom stereocenters. The van der Waals surface area contributed by atoms with Crippen LogP contribution < -0.4 is 16.0 Å². The predicted octanol–water partition coefficient (Wildman–Crippen LogP) is 3.26. The van der Waals surface area contributed by atoms with Crippen molar-refractivity contribution in [1.29, 1.82) is 5.26 Å². The zero-order valence-electron chi connectivity index (χ0n) is 13.9. The third kappa shape index (κ3) is 2.36. The Hall–Kier alpha value is -2.91. The number of nitrogens with one attached hydrogen (secondary N) is 2. The number of hydrogen-bond donors (Lipinski definition) is 2. The highest BCUT2D eigenvalue weighted by molar-refractivity contribution is 7.23. The van der Waals surface area contributed by atoms with E-state index in [4.69, 9.17) is 5.73 Å². The number of pyridine rings is 1. The van der Waals surface area contributed by atoms with Crippen molar-refractivity contribution in [2.75, 3.05) is 11.1 Å². The van der Waals surface area contributed by atoms with Gasteiger partial charge in [-0.05, 0) is 25.0 Å². The Morgan fingerprint density at radius 1 is 1.32 bits per heavy atom. The monoisotopic (exact) mass is 349 g/mol. The van der Waals surface area contributed by atoms with Crippen LogP contribution in [-0.2, 0) is 4.79 Å². The minimum absolute atomic E-state index is 0.00997. The lowest BCUT2D eigenvalue weighted by Gasteiger charge is -2.22. The van der Waals surface area contributed by atoms with Crippen molar-refractivity contribution in [1.82, 2.24) is 0 Å². The van der Waals surface area contributed by atoms with Gasteiger partial charge in [0.2, 0.25) is 5.91 Å². The molecule has 0 bridgehead atoms. The number of aromatic nitrogens is 1. The van der Waals surface area contributed by atoms with E-state index in [0.717, 1.165) is 31.9 Å². The van der Waals surface area contributed by atoms with Gasteiger partial charge in [0, 0.05) is 17.9 Å². The van der Waals surface area contributed by atoms with Gasteiger partial charge < -0.3 is 5.32 Å². The van der Waals surface area contributed by atoms with Gasteiger partial charge in [-0.2, -0.15) is 5.26 Å². The molecular formula is C19H17N4OS+. The summed E-state index contributed by atoms with van der Waals surface area (Å²) in [4.78, 5) is 15.4. The van der Waals surface area contributed by atoms with E-state index in [0.29, 0.717) is 17.8 Å². The number of aromatic amines is 1. The first-order valence-electron chi connectivity index (χ1n) is 8.04. The van der Waals surface area contributed by atoms with Crippen molar-refractivity contribution >= 4 is 38.3 Å². The number of rotatable bonds is 1. The highest BCUT2D eigenvalue weighted by Crippen LogP contribution is 2.46. The molecule has 4 N–H and O–H groups in total. The first-order valence-corrected chi connectivity index (χ1v) is 8.85. The van der Waals surface area contributed by atoms with Crippen LogP contribution in [0.25, 0.3) is 10.2 Å². The third-order valence-corrected chi connectivity index (χ3v) is 6.01. The second-order valence-corrected chi connectivity index (χ2v) is 7.44. The van der Waals surface area contributed by atoms with E-state index in [2.05, 4.69) is 40.6 Å². The first kappa shape index (κ1) is 15.6. The van der Waals surface area contributed by atoms with E-state index < -0.39 is 0 Å². The van der Waals surface area contributed by atoms with Crippen LogP contribution in [0.4, 0.5) is 10.8 Å². The molecule has 0 spiro atoms. The Bertz CT molecular complexity index is 1060. The van der Waals surface area contributed by atoms with Crippen LogP contribution in [-0.4, -0.2) is 5.91 Å². The predicted molar refractivity (Wildman–Crippen MR) is 98.5 cm³/mol. The smallest absolute Gasteiger partial charge is 0.289 e. The molecule has 4 rings (SSSR count). The lowest BCUT2D eigenvalue weighted by atomic mass is 9.86. The van der Waals surface area contributed by atoms with E-state index in [9.17, 15) is 10.1 Å². The number of nitrogens with zero attached hydrogens (tertiary/aromatic N) is 1. The standard InChI is InChI=1S/C19H16N4OS/c1-9-3-5-11(6-4-9)12-7-14(24)22-19-15(12)16-17(25-19)10(2)13(8-20)18(21)23-16/h3-6,12H,7H2,1-2H3,(H2,21,23)(H,22,24)/p+1/t12-/m0/s1. The number of amides is 1. The number of benzene rings is 1. The summed E-state index contributed by atoms with van der Waals surface area (Å²) in [7, 11) is 0. The minimum atomic E-state index is -0.0268. The van der Waals surface area contributed by atoms with Gasteiger partial charge in [-0.25, -0.2) is 4.98 Å². The van der Waals surface area contributed by atoms with Crippen molar-refractivity contribution in [2.24, 2.45) is 0 Å². The van der Waals surface area contributed by atoms with Gasteiger partial charge in [0.1, 0.15) is 22.2 Å². The molecule has 1 aliphatic rings. The number of anilines is 2. The number of thiophene rings is 1. The van der Waals surface area contributed by atoms with Crippen molar-refractivity contribution in [3.63, 3.8) is 0 Å². The molecule has 1 aliphatic heterocycles. The van der Waals surface area contributed by atoms with Crippen LogP contribution in [0.1, 0.15) is 40.2 Å². The second-order valence-electron chi connectivity index (χ2n) is 6.42. The van der Waals surface area contributed by atoms with E-state index in [1.165, 1.54) is 16.9 Å². The molecule has 1 amide bonds.